The first-order valence-corrected chi connectivity index (χ1v) is 10.5. The van der Waals surface area contributed by atoms with Crippen molar-refractivity contribution in [3.8, 4) is 5.75 Å². The zero-order chi connectivity index (χ0) is 23.5. The van der Waals surface area contributed by atoms with E-state index in [-0.39, 0.29) is 33.2 Å². The van der Waals surface area contributed by atoms with E-state index in [1.165, 1.54) is 13.0 Å². The van der Waals surface area contributed by atoms with E-state index in [0.717, 1.165) is 6.07 Å². The molecule has 1 N–H and O–H groups in total. The largest absolute Gasteiger partial charge is 0.491 e. The fourth-order valence-corrected chi connectivity index (χ4v) is 3.96. The minimum absolute atomic E-state index is 0.0491. The molecular weight excluding hydrogens is 470 g/mol. The van der Waals surface area contributed by atoms with E-state index in [9.17, 15) is 22.8 Å². The molecule has 1 atom stereocenters. The molecule has 1 aromatic carbocycles. The van der Waals surface area contributed by atoms with Crippen LogP contribution in [-0.4, -0.2) is 41.0 Å². The lowest BCUT2D eigenvalue weighted by Gasteiger charge is -2.37. The molecule has 2 aromatic rings. The summed E-state index contributed by atoms with van der Waals surface area (Å²) in [6.07, 6.45) is -2.48. The SMILES string of the molecule is CC(=O)N1CCC(C(Nc2ccccn2)c2cc(Cl)c(Cl)cc2OC(=O)C(F)(F)F)CC1. The van der Waals surface area contributed by atoms with Crippen LogP contribution >= 0.6 is 23.2 Å². The van der Waals surface area contributed by atoms with Gasteiger partial charge in [-0.05, 0) is 37.0 Å². The monoisotopic (exact) mass is 489 g/mol. The summed E-state index contributed by atoms with van der Waals surface area (Å²) >= 11 is 12.2. The molecule has 6 nitrogen and oxygen atoms in total. The van der Waals surface area contributed by atoms with Crippen LogP contribution in [0.1, 0.15) is 31.4 Å². The van der Waals surface area contributed by atoms with E-state index in [0.29, 0.717) is 31.7 Å². The first kappa shape index (κ1) is 24.1. The molecule has 1 aromatic heterocycles. The Labute approximate surface area is 192 Å². The molecule has 1 aliphatic heterocycles. The second kappa shape index (κ2) is 9.95. The van der Waals surface area contributed by atoms with Gasteiger partial charge in [0.05, 0.1) is 16.1 Å². The highest BCUT2D eigenvalue weighted by Gasteiger charge is 2.42. The Morgan fingerprint density at radius 1 is 1.19 bits per heavy atom. The number of nitrogens with one attached hydrogen (secondary N) is 1. The fourth-order valence-electron chi connectivity index (χ4n) is 3.64. The van der Waals surface area contributed by atoms with Crippen LogP contribution in [0.5, 0.6) is 5.75 Å². The number of amides is 1. The summed E-state index contributed by atoms with van der Waals surface area (Å²) in [7, 11) is 0. The van der Waals surface area contributed by atoms with Crippen molar-refractivity contribution in [3.63, 3.8) is 0 Å². The van der Waals surface area contributed by atoms with E-state index in [1.54, 1.807) is 29.3 Å². The third-order valence-corrected chi connectivity index (χ3v) is 5.97. The second-order valence-corrected chi connectivity index (χ2v) is 8.19. The minimum Gasteiger partial charge on any atom is -0.419 e. The van der Waals surface area contributed by atoms with E-state index in [4.69, 9.17) is 23.2 Å². The number of nitrogens with zero attached hydrogens (tertiary/aromatic N) is 2. The van der Waals surface area contributed by atoms with Crippen molar-refractivity contribution in [2.24, 2.45) is 5.92 Å². The number of piperidine rings is 1. The van der Waals surface area contributed by atoms with Gasteiger partial charge in [0.25, 0.3) is 0 Å². The molecule has 1 amide bonds. The molecule has 1 saturated heterocycles. The van der Waals surface area contributed by atoms with Crippen LogP contribution in [0.25, 0.3) is 0 Å². The van der Waals surface area contributed by atoms with Gasteiger partial charge in [-0.15, -0.1) is 0 Å². The summed E-state index contributed by atoms with van der Waals surface area (Å²) in [4.78, 5) is 29.2. The summed E-state index contributed by atoms with van der Waals surface area (Å²) in [5.41, 5.74) is 0.240. The summed E-state index contributed by atoms with van der Waals surface area (Å²) < 4.78 is 43.3. The van der Waals surface area contributed by atoms with Gasteiger partial charge >= 0.3 is 12.1 Å². The molecule has 1 fully saturated rings. The van der Waals surface area contributed by atoms with Gasteiger partial charge in [0.1, 0.15) is 11.6 Å². The van der Waals surface area contributed by atoms with Crippen LogP contribution < -0.4 is 10.1 Å². The highest BCUT2D eigenvalue weighted by atomic mass is 35.5. The van der Waals surface area contributed by atoms with Gasteiger partial charge in [-0.25, -0.2) is 9.78 Å². The van der Waals surface area contributed by atoms with Crippen molar-refractivity contribution < 1.29 is 27.5 Å². The predicted octanol–water partition coefficient (Wildman–Crippen LogP) is 5.27. The number of pyridine rings is 1. The third-order valence-electron chi connectivity index (χ3n) is 5.25. The standard InChI is InChI=1S/C21H20Cl2F3N3O3/c1-12(30)29-8-5-13(6-9-29)19(28-18-4-2-3-7-27-18)14-10-15(22)16(23)11-17(14)32-20(31)21(24,25)26/h2-4,7,10-11,13,19H,5-6,8-9H2,1H3,(H,27,28). The number of aromatic nitrogens is 1. The molecular formula is C21H20Cl2F3N3O3. The number of hydrogen-bond acceptors (Lipinski definition) is 5. The average Bonchev–Trinajstić information content (AvgIpc) is 2.75. The molecule has 11 heteroatoms. The van der Waals surface area contributed by atoms with Crippen LogP contribution in [-0.2, 0) is 9.59 Å². The highest BCUT2D eigenvalue weighted by Crippen LogP contribution is 2.41. The van der Waals surface area contributed by atoms with Gasteiger partial charge < -0.3 is 15.0 Å². The Morgan fingerprint density at radius 3 is 2.41 bits per heavy atom. The van der Waals surface area contributed by atoms with Crippen molar-refractivity contribution in [2.45, 2.75) is 32.0 Å². The van der Waals surface area contributed by atoms with Crippen LogP contribution in [0.4, 0.5) is 19.0 Å². The number of esters is 1. The van der Waals surface area contributed by atoms with E-state index < -0.39 is 18.2 Å². The number of hydrogen-bond donors (Lipinski definition) is 1. The van der Waals surface area contributed by atoms with Gasteiger partial charge in [-0.1, -0.05) is 29.3 Å². The molecule has 0 aliphatic carbocycles. The molecule has 0 spiro atoms. The van der Waals surface area contributed by atoms with E-state index in [2.05, 4.69) is 15.0 Å². The average molecular weight is 490 g/mol. The lowest BCUT2D eigenvalue weighted by Crippen LogP contribution is -2.39. The Kier molecular flexibility index (Phi) is 7.51. The quantitative estimate of drug-likeness (QED) is 0.457. The maximum absolute atomic E-state index is 12.9. The van der Waals surface area contributed by atoms with Crippen molar-refractivity contribution in [1.82, 2.24) is 9.88 Å². The van der Waals surface area contributed by atoms with Gasteiger partial charge in [-0.3, -0.25) is 4.79 Å². The maximum Gasteiger partial charge on any atom is 0.491 e. The second-order valence-electron chi connectivity index (χ2n) is 7.37. The number of carbonyl (C=O) groups excluding carboxylic acids is 2. The number of carbonyl (C=O) groups is 2. The van der Waals surface area contributed by atoms with Crippen LogP contribution in [0.2, 0.25) is 10.0 Å². The van der Waals surface area contributed by atoms with Crippen LogP contribution in [0.3, 0.4) is 0 Å². The Hall–Kier alpha value is -2.52. The first-order chi connectivity index (χ1) is 15.1. The molecule has 1 aliphatic rings. The Morgan fingerprint density at radius 2 is 1.84 bits per heavy atom. The molecule has 172 valence electrons. The van der Waals surface area contributed by atoms with Crippen molar-refractivity contribution in [1.29, 1.82) is 0 Å². The molecule has 0 radical (unpaired) electrons. The van der Waals surface area contributed by atoms with Crippen LogP contribution in [0, 0.1) is 5.92 Å². The minimum atomic E-state index is -5.18. The number of ether oxygens (including phenoxy) is 1. The summed E-state index contributed by atoms with van der Waals surface area (Å²) in [6, 6.07) is 7.06. The topological polar surface area (TPSA) is 71.5 Å². The molecule has 0 bridgehead atoms. The summed E-state index contributed by atoms with van der Waals surface area (Å²) in [6.45, 7) is 2.45. The van der Waals surface area contributed by atoms with Gasteiger partial charge in [-0.2, -0.15) is 13.2 Å². The highest BCUT2D eigenvalue weighted by molar-refractivity contribution is 6.42. The molecule has 0 saturated carbocycles. The zero-order valence-electron chi connectivity index (χ0n) is 17.0. The third kappa shape index (κ3) is 5.83. The number of benzene rings is 1. The number of alkyl halides is 3. The lowest BCUT2D eigenvalue weighted by molar-refractivity contribution is -0.189. The fraction of sp³-hybridized carbons (Fsp3) is 0.381. The lowest BCUT2D eigenvalue weighted by atomic mass is 9.84. The molecule has 3 rings (SSSR count). The number of anilines is 1. The summed E-state index contributed by atoms with van der Waals surface area (Å²) in [5.74, 6) is -2.39. The van der Waals surface area contributed by atoms with Gasteiger partial charge in [0, 0.05) is 37.8 Å². The molecule has 2 heterocycles. The summed E-state index contributed by atoms with van der Waals surface area (Å²) in [5, 5.41) is 3.27. The number of halogens is 5. The Bertz CT molecular complexity index is 981. The Balaban J connectivity index is 2.00. The van der Waals surface area contributed by atoms with E-state index >= 15 is 0 Å². The molecule has 32 heavy (non-hydrogen) atoms. The van der Waals surface area contributed by atoms with Crippen molar-refractivity contribution >= 4 is 40.9 Å². The van der Waals surface area contributed by atoms with Crippen molar-refractivity contribution in [3.05, 3.63) is 52.1 Å². The van der Waals surface area contributed by atoms with Crippen LogP contribution in [0.15, 0.2) is 36.5 Å². The zero-order valence-corrected chi connectivity index (χ0v) is 18.5. The normalized spacial score (nSPS) is 15.9. The van der Waals surface area contributed by atoms with E-state index in [1.807, 2.05) is 0 Å². The first-order valence-electron chi connectivity index (χ1n) is 9.77. The van der Waals surface area contributed by atoms with Gasteiger partial charge in [0.2, 0.25) is 5.91 Å². The van der Waals surface area contributed by atoms with Gasteiger partial charge in [0.15, 0.2) is 0 Å². The predicted molar refractivity (Wildman–Crippen MR) is 114 cm³/mol. The maximum atomic E-state index is 12.9. The van der Waals surface area contributed by atoms with Crippen molar-refractivity contribution in [2.75, 3.05) is 18.4 Å². The smallest absolute Gasteiger partial charge is 0.419 e. The molecule has 1 unspecified atom stereocenters. The number of rotatable bonds is 5. The number of likely N-dealkylation sites (tertiary alicyclic amines) is 1.